The topological polar surface area (TPSA) is 79.8 Å². The molecule has 6 nitrogen and oxygen atoms in total. The first kappa shape index (κ1) is 20.5. The Hall–Kier alpha value is -3.77. The van der Waals surface area contributed by atoms with Gasteiger partial charge >= 0.3 is 0 Å². The zero-order valence-corrected chi connectivity index (χ0v) is 17.8. The molecular weight excluding hydrogens is 410 g/mol. The van der Waals surface area contributed by atoms with Crippen LogP contribution in [0.15, 0.2) is 73.3 Å². The highest BCUT2D eigenvalue weighted by molar-refractivity contribution is 6.31. The molecule has 0 bridgehead atoms. The molecule has 31 heavy (non-hydrogen) atoms. The van der Waals surface area contributed by atoms with Gasteiger partial charge in [-0.05, 0) is 67.4 Å². The Morgan fingerprint density at radius 2 is 1.84 bits per heavy atom. The number of benzene rings is 2. The van der Waals surface area contributed by atoms with Gasteiger partial charge in [0.25, 0.3) is 5.91 Å². The lowest BCUT2D eigenvalue weighted by molar-refractivity contribution is 0.102. The number of carbonyl (C=O) groups is 1. The van der Waals surface area contributed by atoms with Crippen molar-refractivity contribution in [2.75, 3.05) is 10.6 Å². The van der Waals surface area contributed by atoms with E-state index < -0.39 is 0 Å². The molecule has 7 heteroatoms. The molecule has 2 N–H and O–H groups in total. The van der Waals surface area contributed by atoms with E-state index in [-0.39, 0.29) is 5.91 Å². The van der Waals surface area contributed by atoms with Crippen molar-refractivity contribution in [3.63, 3.8) is 0 Å². The van der Waals surface area contributed by atoms with Crippen molar-refractivity contribution in [3.05, 3.63) is 95.0 Å². The summed E-state index contributed by atoms with van der Waals surface area (Å²) < 4.78 is 0. The van der Waals surface area contributed by atoms with E-state index in [1.54, 1.807) is 36.7 Å². The molecule has 1 amide bonds. The van der Waals surface area contributed by atoms with Gasteiger partial charge in [-0.2, -0.15) is 0 Å². The van der Waals surface area contributed by atoms with Gasteiger partial charge < -0.3 is 10.6 Å². The molecule has 154 valence electrons. The van der Waals surface area contributed by atoms with Crippen LogP contribution in [0.2, 0.25) is 5.02 Å². The third kappa shape index (κ3) is 4.54. The van der Waals surface area contributed by atoms with Crippen LogP contribution in [0, 0.1) is 13.8 Å². The van der Waals surface area contributed by atoms with Crippen LogP contribution >= 0.6 is 11.6 Å². The van der Waals surface area contributed by atoms with Crippen molar-refractivity contribution in [1.82, 2.24) is 15.0 Å². The van der Waals surface area contributed by atoms with Gasteiger partial charge in [0.05, 0.1) is 5.69 Å². The van der Waals surface area contributed by atoms with Crippen LogP contribution in [0.5, 0.6) is 0 Å². The normalized spacial score (nSPS) is 10.5. The number of hydrogen-bond donors (Lipinski definition) is 2. The van der Waals surface area contributed by atoms with E-state index in [1.807, 2.05) is 44.2 Å². The molecule has 0 atom stereocenters. The molecule has 0 fully saturated rings. The number of hydrogen-bond acceptors (Lipinski definition) is 5. The predicted molar refractivity (Wildman–Crippen MR) is 124 cm³/mol. The zero-order valence-electron chi connectivity index (χ0n) is 17.1. The molecule has 0 radical (unpaired) electrons. The van der Waals surface area contributed by atoms with E-state index >= 15 is 0 Å². The zero-order chi connectivity index (χ0) is 21.8. The smallest absolute Gasteiger partial charge is 0.255 e. The van der Waals surface area contributed by atoms with Crippen molar-refractivity contribution < 1.29 is 4.79 Å². The maximum absolute atomic E-state index is 12.7. The molecule has 0 saturated carbocycles. The van der Waals surface area contributed by atoms with Crippen molar-refractivity contribution in [1.29, 1.82) is 0 Å². The van der Waals surface area contributed by atoms with Gasteiger partial charge in [0, 0.05) is 39.9 Å². The van der Waals surface area contributed by atoms with E-state index in [0.717, 1.165) is 28.1 Å². The predicted octanol–water partition coefficient (Wildman–Crippen LogP) is 5.80. The number of halogens is 1. The second-order valence-corrected chi connectivity index (χ2v) is 7.45. The highest BCUT2D eigenvalue weighted by atomic mass is 35.5. The quantitative estimate of drug-likeness (QED) is 0.418. The number of nitrogens with zero attached hydrogens (tertiary/aromatic N) is 3. The second kappa shape index (κ2) is 8.93. The highest BCUT2D eigenvalue weighted by Gasteiger charge is 2.14. The Labute approximate surface area is 185 Å². The Balaban J connectivity index is 1.66. The summed E-state index contributed by atoms with van der Waals surface area (Å²) in [5, 5.41) is 6.92. The standard InChI is InChI=1S/C24H20ClN5O/c1-15-8-9-20(29-24(31)17-5-3-6-18(25)13-17)16(2)22(15)30-23-19(7-4-11-27-23)21-10-12-26-14-28-21/h3-14H,1-2H3,(H,27,30)(H,29,31). The lowest BCUT2D eigenvalue weighted by atomic mass is 10.1. The first-order chi connectivity index (χ1) is 15.0. The van der Waals surface area contributed by atoms with Crippen LogP contribution in [0.3, 0.4) is 0 Å². The summed E-state index contributed by atoms with van der Waals surface area (Å²) in [5.74, 6) is 0.450. The number of aromatic nitrogens is 3. The van der Waals surface area contributed by atoms with E-state index in [0.29, 0.717) is 22.1 Å². The van der Waals surface area contributed by atoms with Gasteiger partial charge in [0.1, 0.15) is 12.1 Å². The maximum Gasteiger partial charge on any atom is 0.255 e. The molecular formula is C24H20ClN5O. The average Bonchev–Trinajstić information content (AvgIpc) is 2.79. The lowest BCUT2D eigenvalue weighted by Gasteiger charge is -2.18. The Bertz CT molecular complexity index is 1240. The molecule has 0 aliphatic heterocycles. The molecule has 2 aromatic carbocycles. The number of amides is 1. The van der Waals surface area contributed by atoms with E-state index in [9.17, 15) is 4.79 Å². The van der Waals surface area contributed by atoms with Gasteiger partial charge in [-0.15, -0.1) is 0 Å². The first-order valence-electron chi connectivity index (χ1n) is 9.68. The number of nitrogens with one attached hydrogen (secondary N) is 2. The molecule has 0 spiro atoms. The van der Waals surface area contributed by atoms with E-state index in [1.165, 1.54) is 6.33 Å². The summed E-state index contributed by atoms with van der Waals surface area (Å²) in [6.07, 6.45) is 4.93. The molecule has 0 aliphatic carbocycles. The van der Waals surface area contributed by atoms with Gasteiger partial charge in [-0.1, -0.05) is 23.7 Å². The van der Waals surface area contributed by atoms with Crippen LogP contribution in [-0.2, 0) is 0 Å². The van der Waals surface area contributed by atoms with Gasteiger partial charge in [-0.25, -0.2) is 15.0 Å². The molecule has 0 unspecified atom stereocenters. The summed E-state index contributed by atoms with van der Waals surface area (Å²) in [4.78, 5) is 25.5. The van der Waals surface area contributed by atoms with Crippen LogP contribution in [0.25, 0.3) is 11.3 Å². The first-order valence-corrected chi connectivity index (χ1v) is 10.1. The monoisotopic (exact) mass is 429 g/mol. The lowest BCUT2D eigenvalue weighted by Crippen LogP contribution is -2.13. The van der Waals surface area contributed by atoms with Gasteiger partial charge in [-0.3, -0.25) is 4.79 Å². The fraction of sp³-hybridized carbons (Fsp3) is 0.0833. The van der Waals surface area contributed by atoms with Crippen molar-refractivity contribution in [2.24, 2.45) is 0 Å². The maximum atomic E-state index is 12.7. The number of pyridine rings is 1. The molecule has 0 aliphatic rings. The number of anilines is 3. The summed E-state index contributed by atoms with van der Waals surface area (Å²) in [6.45, 7) is 3.96. The SMILES string of the molecule is Cc1ccc(NC(=O)c2cccc(Cl)c2)c(C)c1Nc1ncccc1-c1ccncn1. The Morgan fingerprint density at radius 1 is 0.968 bits per heavy atom. The van der Waals surface area contributed by atoms with Crippen LogP contribution < -0.4 is 10.6 Å². The van der Waals surface area contributed by atoms with Gasteiger partial charge in [0.15, 0.2) is 0 Å². The van der Waals surface area contributed by atoms with E-state index in [4.69, 9.17) is 11.6 Å². The van der Waals surface area contributed by atoms with Crippen LogP contribution in [-0.4, -0.2) is 20.9 Å². The molecule has 4 rings (SSSR count). The average molecular weight is 430 g/mol. The van der Waals surface area contributed by atoms with E-state index in [2.05, 4.69) is 25.6 Å². The van der Waals surface area contributed by atoms with Crippen molar-refractivity contribution >= 4 is 34.7 Å². The Kier molecular flexibility index (Phi) is 5.91. The molecule has 0 saturated heterocycles. The summed E-state index contributed by atoms with van der Waals surface area (Å²) in [7, 11) is 0. The molecule has 2 heterocycles. The van der Waals surface area contributed by atoms with Crippen LogP contribution in [0.1, 0.15) is 21.5 Å². The molecule has 4 aromatic rings. The second-order valence-electron chi connectivity index (χ2n) is 7.01. The fourth-order valence-corrected chi connectivity index (χ4v) is 3.47. The van der Waals surface area contributed by atoms with Crippen LogP contribution in [0.4, 0.5) is 17.2 Å². The van der Waals surface area contributed by atoms with Crippen molar-refractivity contribution in [3.8, 4) is 11.3 Å². The highest BCUT2D eigenvalue weighted by Crippen LogP contribution is 2.33. The minimum atomic E-state index is -0.222. The fourth-order valence-electron chi connectivity index (χ4n) is 3.28. The van der Waals surface area contributed by atoms with Crippen molar-refractivity contribution in [2.45, 2.75) is 13.8 Å². The summed E-state index contributed by atoms with van der Waals surface area (Å²) in [5.41, 5.74) is 5.63. The Morgan fingerprint density at radius 3 is 2.61 bits per heavy atom. The number of rotatable bonds is 5. The minimum Gasteiger partial charge on any atom is -0.339 e. The number of carbonyl (C=O) groups excluding carboxylic acids is 1. The van der Waals surface area contributed by atoms with Gasteiger partial charge in [0.2, 0.25) is 0 Å². The summed E-state index contributed by atoms with van der Waals surface area (Å²) >= 11 is 6.02. The minimum absolute atomic E-state index is 0.222. The third-order valence-electron chi connectivity index (χ3n) is 4.92. The third-order valence-corrected chi connectivity index (χ3v) is 5.15. The molecule has 2 aromatic heterocycles. The number of aryl methyl sites for hydroxylation is 1. The summed E-state index contributed by atoms with van der Waals surface area (Å²) in [6, 6.07) is 16.4. The largest absolute Gasteiger partial charge is 0.339 e.